The number of nitrogens with one attached hydrogen (secondary N) is 2. The van der Waals surface area contributed by atoms with Gasteiger partial charge in [-0.25, -0.2) is 4.39 Å². The van der Waals surface area contributed by atoms with Crippen molar-refractivity contribution < 1.29 is 14.0 Å². The first kappa shape index (κ1) is 19.0. The van der Waals surface area contributed by atoms with E-state index < -0.39 is 0 Å². The third-order valence-electron chi connectivity index (χ3n) is 4.64. The number of carbonyl (C=O) groups excluding carboxylic acids is 2. The normalized spacial score (nSPS) is 16.8. The molecule has 2 amide bonds. The Labute approximate surface area is 158 Å². The van der Waals surface area contributed by atoms with E-state index in [0.29, 0.717) is 37.3 Å². The third-order valence-corrected chi connectivity index (χ3v) is 4.64. The first-order valence-corrected chi connectivity index (χ1v) is 9.25. The Bertz CT molecular complexity index is 825. The highest BCUT2D eigenvalue weighted by Crippen LogP contribution is 2.25. The van der Waals surface area contributed by atoms with Crippen molar-refractivity contribution in [3.05, 3.63) is 71.0 Å². The fraction of sp³-hybridized carbons (Fsp3) is 0.333. The van der Waals surface area contributed by atoms with Gasteiger partial charge in [0, 0.05) is 37.3 Å². The highest BCUT2D eigenvalue weighted by atomic mass is 19.1. The van der Waals surface area contributed by atoms with Crippen molar-refractivity contribution in [1.82, 2.24) is 15.5 Å². The Morgan fingerprint density at radius 2 is 1.96 bits per heavy atom. The summed E-state index contributed by atoms with van der Waals surface area (Å²) in [6.07, 6.45) is 0.848. The van der Waals surface area contributed by atoms with Gasteiger partial charge >= 0.3 is 0 Å². The van der Waals surface area contributed by atoms with Crippen LogP contribution in [-0.2, 0) is 0 Å². The number of hydrogen-bond donors (Lipinski definition) is 2. The molecular weight excluding hydrogens is 345 g/mol. The van der Waals surface area contributed by atoms with Gasteiger partial charge in [0.1, 0.15) is 5.82 Å². The van der Waals surface area contributed by atoms with Crippen molar-refractivity contribution in [2.75, 3.05) is 26.2 Å². The van der Waals surface area contributed by atoms with E-state index in [0.717, 1.165) is 12.0 Å². The summed E-state index contributed by atoms with van der Waals surface area (Å²) >= 11 is 0. The zero-order valence-electron chi connectivity index (χ0n) is 15.4. The number of benzene rings is 2. The maximum Gasteiger partial charge on any atom is 0.254 e. The van der Waals surface area contributed by atoms with Crippen LogP contribution in [0.1, 0.15) is 45.7 Å². The second kappa shape index (κ2) is 8.77. The molecule has 2 aromatic carbocycles. The van der Waals surface area contributed by atoms with Gasteiger partial charge in [-0.2, -0.15) is 0 Å². The van der Waals surface area contributed by atoms with E-state index in [1.54, 1.807) is 35.2 Å². The summed E-state index contributed by atoms with van der Waals surface area (Å²) in [6, 6.07) is 12.8. The Kier molecular flexibility index (Phi) is 6.19. The van der Waals surface area contributed by atoms with Crippen LogP contribution in [0.15, 0.2) is 48.5 Å². The number of hydrogen-bond acceptors (Lipinski definition) is 3. The van der Waals surface area contributed by atoms with Crippen molar-refractivity contribution in [2.24, 2.45) is 0 Å². The maximum absolute atomic E-state index is 13.6. The van der Waals surface area contributed by atoms with Crippen molar-refractivity contribution in [1.29, 1.82) is 0 Å². The highest BCUT2D eigenvalue weighted by molar-refractivity contribution is 5.99. The van der Waals surface area contributed by atoms with E-state index in [1.807, 2.05) is 13.0 Å². The molecule has 0 saturated carbocycles. The lowest BCUT2D eigenvalue weighted by atomic mass is 10.0. The van der Waals surface area contributed by atoms with Crippen LogP contribution >= 0.6 is 0 Å². The van der Waals surface area contributed by atoms with Gasteiger partial charge in [-0.15, -0.1) is 0 Å². The largest absolute Gasteiger partial charge is 0.352 e. The summed E-state index contributed by atoms with van der Waals surface area (Å²) < 4.78 is 13.6. The maximum atomic E-state index is 13.6. The summed E-state index contributed by atoms with van der Waals surface area (Å²) in [5, 5.41) is 6.08. The first-order chi connectivity index (χ1) is 13.1. The molecule has 5 nitrogen and oxygen atoms in total. The molecule has 6 heteroatoms. The lowest BCUT2D eigenvalue weighted by molar-refractivity contribution is 0.0634. The molecule has 2 aromatic rings. The predicted molar refractivity (Wildman–Crippen MR) is 102 cm³/mol. The lowest BCUT2D eigenvalue weighted by Crippen LogP contribution is -2.48. The molecule has 2 N–H and O–H groups in total. The van der Waals surface area contributed by atoms with Crippen LogP contribution in [0.2, 0.25) is 0 Å². The van der Waals surface area contributed by atoms with Crippen molar-refractivity contribution >= 4 is 11.8 Å². The Balaban J connectivity index is 1.84. The zero-order chi connectivity index (χ0) is 19.2. The SMILES string of the molecule is CCCNC(=O)c1cccc(C(=O)N2CCNCC2c2cccc(F)c2)c1. The molecule has 1 fully saturated rings. The van der Waals surface area contributed by atoms with Crippen molar-refractivity contribution in [3.63, 3.8) is 0 Å². The van der Waals surface area contributed by atoms with Crippen LogP contribution < -0.4 is 10.6 Å². The number of halogens is 1. The second-order valence-corrected chi connectivity index (χ2v) is 6.61. The lowest BCUT2D eigenvalue weighted by Gasteiger charge is -2.36. The van der Waals surface area contributed by atoms with Crippen LogP contribution in [0.3, 0.4) is 0 Å². The molecule has 3 rings (SSSR count). The van der Waals surface area contributed by atoms with Crippen LogP contribution in [-0.4, -0.2) is 42.9 Å². The van der Waals surface area contributed by atoms with Gasteiger partial charge in [0.25, 0.3) is 11.8 Å². The molecule has 0 spiro atoms. The summed E-state index contributed by atoms with van der Waals surface area (Å²) in [7, 11) is 0. The van der Waals surface area contributed by atoms with E-state index in [2.05, 4.69) is 10.6 Å². The monoisotopic (exact) mass is 369 g/mol. The highest BCUT2D eigenvalue weighted by Gasteiger charge is 2.29. The van der Waals surface area contributed by atoms with Crippen LogP contribution in [0.25, 0.3) is 0 Å². The van der Waals surface area contributed by atoms with E-state index >= 15 is 0 Å². The van der Waals surface area contributed by atoms with Gasteiger partial charge in [-0.05, 0) is 42.3 Å². The van der Waals surface area contributed by atoms with Crippen molar-refractivity contribution in [3.8, 4) is 0 Å². The number of carbonyl (C=O) groups is 2. The van der Waals surface area contributed by atoms with Gasteiger partial charge in [0.2, 0.25) is 0 Å². The van der Waals surface area contributed by atoms with Crippen LogP contribution in [0.5, 0.6) is 0 Å². The number of piperazine rings is 1. The van der Waals surface area contributed by atoms with Gasteiger partial charge in [0.05, 0.1) is 6.04 Å². The summed E-state index contributed by atoms with van der Waals surface area (Å²) in [6.45, 7) is 4.33. The topological polar surface area (TPSA) is 61.4 Å². The molecule has 1 atom stereocenters. The summed E-state index contributed by atoms with van der Waals surface area (Å²) in [5.41, 5.74) is 1.68. The van der Waals surface area contributed by atoms with E-state index in [9.17, 15) is 14.0 Å². The quantitative estimate of drug-likeness (QED) is 0.852. The van der Waals surface area contributed by atoms with E-state index in [-0.39, 0.29) is 23.7 Å². The average molecular weight is 369 g/mol. The van der Waals surface area contributed by atoms with Crippen LogP contribution in [0, 0.1) is 5.82 Å². The number of rotatable bonds is 5. The molecule has 0 aliphatic carbocycles. The molecule has 0 bridgehead atoms. The molecule has 0 aromatic heterocycles. The minimum atomic E-state index is -0.319. The number of nitrogens with zero attached hydrogens (tertiary/aromatic N) is 1. The Morgan fingerprint density at radius 3 is 2.74 bits per heavy atom. The van der Waals surface area contributed by atoms with E-state index in [4.69, 9.17) is 0 Å². The Morgan fingerprint density at radius 1 is 1.19 bits per heavy atom. The second-order valence-electron chi connectivity index (χ2n) is 6.61. The average Bonchev–Trinajstić information content (AvgIpc) is 2.71. The fourth-order valence-electron chi connectivity index (χ4n) is 3.26. The molecule has 27 heavy (non-hydrogen) atoms. The third kappa shape index (κ3) is 4.52. The van der Waals surface area contributed by atoms with Gasteiger partial charge in [0.15, 0.2) is 0 Å². The minimum absolute atomic E-state index is 0.157. The van der Waals surface area contributed by atoms with E-state index in [1.165, 1.54) is 12.1 Å². The first-order valence-electron chi connectivity index (χ1n) is 9.25. The van der Waals surface area contributed by atoms with Gasteiger partial charge in [-0.3, -0.25) is 9.59 Å². The molecule has 1 saturated heterocycles. The smallest absolute Gasteiger partial charge is 0.254 e. The molecule has 1 heterocycles. The van der Waals surface area contributed by atoms with Crippen LogP contribution in [0.4, 0.5) is 4.39 Å². The predicted octanol–water partition coefficient (Wildman–Crippen LogP) is 2.75. The van der Waals surface area contributed by atoms with Crippen molar-refractivity contribution in [2.45, 2.75) is 19.4 Å². The van der Waals surface area contributed by atoms with Gasteiger partial charge < -0.3 is 15.5 Å². The molecule has 1 aliphatic rings. The molecule has 1 unspecified atom stereocenters. The standard InChI is InChI=1S/C21H24FN3O2/c1-2-9-24-20(26)16-6-3-7-17(12-16)21(27)25-11-10-23-14-19(25)15-5-4-8-18(22)13-15/h3-8,12-13,19,23H,2,9-11,14H2,1H3,(H,24,26). The summed E-state index contributed by atoms with van der Waals surface area (Å²) in [5.74, 6) is -0.663. The summed E-state index contributed by atoms with van der Waals surface area (Å²) in [4.78, 5) is 27.1. The fourth-order valence-corrected chi connectivity index (χ4v) is 3.26. The molecule has 142 valence electrons. The Hall–Kier alpha value is -2.73. The minimum Gasteiger partial charge on any atom is -0.352 e. The molecular formula is C21H24FN3O2. The zero-order valence-corrected chi connectivity index (χ0v) is 15.4. The molecule has 0 radical (unpaired) electrons. The number of amides is 2. The molecule has 1 aliphatic heterocycles. The van der Waals surface area contributed by atoms with Gasteiger partial charge in [-0.1, -0.05) is 25.1 Å².